The average molecular weight is 584 g/mol. The SMILES string of the molecule is COC(=O)CCCc1ccc(C#Cc2ccccc2)cc1.O=C(O)CCCc1ccc(C#Cc2ccccc2)cc1.[Li+].[OH-].[OH-]. The predicted molar refractivity (Wildman–Crippen MR) is 167 cm³/mol. The van der Waals surface area contributed by atoms with Crippen molar-refractivity contribution >= 4 is 11.9 Å². The zero-order valence-electron chi connectivity index (χ0n) is 25.2. The minimum Gasteiger partial charge on any atom is -0.870 e. The molecule has 4 rings (SSSR count). The van der Waals surface area contributed by atoms with E-state index in [9.17, 15) is 9.59 Å². The van der Waals surface area contributed by atoms with E-state index in [2.05, 4.69) is 40.6 Å². The topological polar surface area (TPSA) is 124 Å². The quantitative estimate of drug-likeness (QED) is 0.192. The van der Waals surface area contributed by atoms with Gasteiger partial charge in [-0.25, -0.2) is 0 Å². The monoisotopic (exact) mass is 583 g/mol. The molecule has 0 radical (unpaired) electrons. The van der Waals surface area contributed by atoms with Crippen LogP contribution < -0.4 is 18.9 Å². The summed E-state index contributed by atoms with van der Waals surface area (Å²) in [6, 6.07) is 35.9. The number of hydrogen-bond donors (Lipinski definition) is 1. The van der Waals surface area contributed by atoms with Gasteiger partial charge in [0.2, 0.25) is 0 Å². The number of methoxy groups -OCH3 is 1. The molecule has 0 aromatic heterocycles. The molecule has 3 N–H and O–H groups in total. The van der Waals surface area contributed by atoms with Crippen molar-refractivity contribution in [2.75, 3.05) is 7.11 Å². The van der Waals surface area contributed by atoms with Crippen molar-refractivity contribution < 1.29 is 49.2 Å². The molecule has 7 heteroatoms. The Morgan fingerprint density at radius 1 is 0.568 bits per heavy atom. The normalized spacial score (nSPS) is 8.93. The summed E-state index contributed by atoms with van der Waals surface area (Å²) in [5, 5.41) is 8.60. The van der Waals surface area contributed by atoms with Crippen molar-refractivity contribution in [2.45, 2.75) is 38.5 Å². The first kappa shape index (κ1) is 39.5. The Morgan fingerprint density at radius 2 is 0.909 bits per heavy atom. The second-order valence-corrected chi connectivity index (χ2v) is 9.30. The van der Waals surface area contributed by atoms with Crippen molar-refractivity contribution in [3.8, 4) is 23.7 Å². The van der Waals surface area contributed by atoms with Gasteiger partial charge < -0.3 is 20.8 Å². The molecule has 0 bridgehead atoms. The van der Waals surface area contributed by atoms with Gasteiger partial charge in [0.05, 0.1) is 7.11 Å². The van der Waals surface area contributed by atoms with E-state index in [1.807, 2.05) is 97.1 Å². The van der Waals surface area contributed by atoms with Crippen LogP contribution in [-0.2, 0) is 27.2 Å². The van der Waals surface area contributed by atoms with Crippen molar-refractivity contribution in [3.05, 3.63) is 143 Å². The van der Waals surface area contributed by atoms with Crippen molar-refractivity contribution in [1.82, 2.24) is 0 Å². The van der Waals surface area contributed by atoms with E-state index in [0.717, 1.165) is 47.1 Å². The molecule has 44 heavy (non-hydrogen) atoms. The first-order valence-electron chi connectivity index (χ1n) is 13.6. The van der Waals surface area contributed by atoms with Gasteiger partial charge in [-0.3, -0.25) is 9.59 Å². The van der Waals surface area contributed by atoms with Crippen molar-refractivity contribution in [2.24, 2.45) is 0 Å². The van der Waals surface area contributed by atoms with E-state index in [1.54, 1.807) is 0 Å². The third kappa shape index (κ3) is 16.2. The molecule has 0 atom stereocenters. The number of carbonyl (C=O) groups is 2. The van der Waals surface area contributed by atoms with Gasteiger partial charge >= 0.3 is 30.8 Å². The van der Waals surface area contributed by atoms with E-state index in [1.165, 1.54) is 12.7 Å². The summed E-state index contributed by atoms with van der Waals surface area (Å²) in [5.41, 5.74) is 6.34. The first-order valence-corrected chi connectivity index (χ1v) is 13.6. The molecule has 0 aliphatic heterocycles. The molecule has 0 fully saturated rings. The number of hydrogen-bond acceptors (Lipinski definition) is 5. The van der Waals surface area contributed by atoms with Crippen LogP contribution in [0.1, 0.15) is 59.1 Å². The van der Waals surface area contributed by atoms with Gasteiger partial charge in [-0.05, 0) is 85.3 Å². The number of rotatable bonds is 8. The summed E-state index contributed by atoms with van der Waals surface area (Å²) in [7, 11) is 1.42. The van der Waals surface area contributed by atoms with Gasteiger partial charge in [-0.2, -0.15) is 0 Å². The van der Waals surface area contributed by atoms with Gasteiger partial charge in [0.1, 0.15) is 0 Å². The Kier molecular flexibility index (Phi) is 20.6. The van der Waals surface area contributed by atoms with Gasteiger partial charge in [0, 0.05) is 35.1 Å². The molecule has 0 aliphatic carbocycles. The van der Waals surface area contributed by atoms with Gasteiger partial charge in [0.15, 0.2) is 0 Å². The molecule has 0 spiro atoms. The van der Waals surface area contributed by atoms with Crippen LogP contribution in [0.2, 0.25) is 0 Å². The number of ether oxygens (including phenoxy) is 1. The maximum Gasteiger partial charge on any atom is 1.00 e. The Hall–Kier alpha value is -4.54. The van der Waals surface area contributed by atoms with Crippen molar-refractivity contribution in [3.63, 3.8) is 0 Å². The molecule has 0 saturated heterocycles. The number of carboxylic acids is 1. The van der Waals surface area contributed by atoms with Gasteiger partial charge in [-0.1, -0.05) is 84.3 Å². The summed E-state index contributed by atoms with van der Waals surface area (Å²) in [6.07, 6.45) is 3.83. The van der Waals surface area contributed by atoms with E-state index < -0.39 is 5.97 Å². The van der Waals surface area contributed by atoms with E-state index in [4.69, 9.17) is 5.11 Å². The van der Waals surface area contributed by atoms with Gasteiger partial charge in [-0.15, -0.1) is 0 Å². The fourth-order valence-electron chi connectivity index (χ4n) is 3.82. The molecular weight excluding hydrogens is 547 g/mol. The van der Waals surface area contributed by atoms with Crippen LogP contribution in [0, 0.1) is 23.7 Å². The van der Waals surface area contributed by atoms with Crippen LogP contribution in [0.25, 0.3) is 0 Å². The standard InChI is InChI=1S/C19H18O2.C18H16O2.Li.2H2O/c1-21-19(20)9-5-8-17-11-14-18(15-12-17)13-10-16-6-3-2-4-7-16;19-18(20)8-4-7-16-10-13-17(14-11-16)12-9-15-5-2-1-3-6-15;;;/h2-4,6-7,11-12,14-15H,5,8-9H2,1H3;1-3,5-6,10-11,13-14H,4,7-8H2,(H,19,20);;2*1H2/q;;+1;;/p-2. The third-order valence-electron chi connectivity index (χ3n) is 6.09. The number of aryl methyl sites for hydroxylation is 2. The van der Waals surface area contributed by atoms with E-state index in [0.29, 0.717) is 12.8 Å². The maximum absolute atomic E-state index is 11.0. The number of carbonyl (C=O) groups excluding carboxylic acids is 1. The van der Waals surface area contributed by atoms with Crippen LogP contribution in [0.4, 0.5) is 0 Å². The summed E-state index contributed by atoms with van der Waals surface area (Å²) < 4.78 is 4.62. The van der Waals surface area contributed by atoms with Crippen LogP contribution in [-0.4, -0.2) is 35.1 Å². The Balaban J connectivity index is 0.000000788. The number of esters is 1. The number of benzene rings is 4. The number of carboxylic acid groups (broad SMARTS) is 1. The zero-order valence-corrected chi connectivity index (χ0v) is 25.2. The minimum absolute atomic E-state index is 0. The Morgan fingerprint density at radius 3 is 1.25 bits per heavy atom. The average Bonchev–Trinajstić information content (AvgIpc) is 3.01. The second-order valence-electron chi connectivity index (χ2n) is 9.30. The van der Waals surface area contributed by atoms with Crippen LogP contribution in [0.3, 0.4) is 0 Å². The molecule has 0 unspecified atom stereocenters. The molecule has 6 nitrogen and oxygen atoms in total. The molecule has 0 aliphatic rings. The molecule has 0 amide bonds. The first-order chi connectivity index (χ1) is 20.0. The smallest absolute Gasteiger partial charge is 0.870 e. The minimum atomic E-state index is -0.740. The van der Waals surface area contributed by atoms with Crippen LogP contribution in [0.5, 0.6) is 0 Å². The maximum atomic E-state index is 11.0. The van der Waals surface area contributed by atoms with Crippen LogP contribution in [0.15, 0.2) is 109 Å². The largest absolute Gasteiger partial charge is 1.00 e. The molecular formula is C37H36LiO6-. The third-order valence-corrected chi connectivity index (χ3v) is 6.09. The van der Waals surface area contributed by atoms with E-state index >= 15 is 0 Å². The summed E-state index contributed by atoms with van der Waals surface area (Å²) >= 11 is 0. The fraction of sp³-hybridized carbons (Fsp3) is 0.189. The summed E-state index contributed by atoms with van der Waals surface area (Å²) in [5.74, 6) is 11.6. The second kappa shape index (κ2) is 23.0. The zero-order chi connectivity index (χ0) is 29.1. The molecule has 0 heterocycles. The predicted octanol–water partition coefficient (Wildman–Crippen LogP) is 3.73. The van der Waals surface area contributed by atoms with E-state index in [-0.39, 0.29) is 42.2 Å². The van der Waals surface area contributed by atoms with Crippen molar-refractivity contribution in [1.29, 1.82) is 0 Å². The molecule has 4 aromatic rings. The number of aliphatic carboxylic acids is 1. The summed E-state index contributed by atoms with van der Waals surface area (Å²) in [4.78, 5) is 21.5. The Bertz CT molecular complexity index is 1500. The Labute approximate surface area is 272 Å². The fourth-order valence-corrected chi connectivity index (χ4v) is 3.82. The van der Waals surface area contributed by atoms with Gasteiger partial charge in [0.25, 0.3) is 0 Å². The van der Waals surface area contributed by atoms with Crippen LogP contribution >= 0.6 is 0 Å². The summed E-state index contributed by atoms with van der Waals surface area (Å²) in [6.45, 7) is 0. The molecule has 0 saturated carbocycles. The molecule has 4 aromatic carbocycles. The molecule has 222 valence electrons.